The summed E-state index contributed by atoms with van der Waals surface area (Å²) in [7, 11) is -3.55. The molecule has 1 aromatic carbocycles. The molecule has 0 amide bonds. The van der Waals surface area contributed by atoms with Crippen LogP contribution in [0.25, 0.3) is 0 Å². The second-order valence-electron chi connectivity index (χ2n) is 3.84. The second-order valence-corrected chi connectivity index (χ2v) is 6.18. The Hall–Kier alpha value is -0.980. The molecule has 0 saturated carbocycles. The number of nitrogens with two attached hydrogens (primary N) is 1. The maximum absolute atomic E-state index is 12.7. The van der Waals surface area contributed by atoms with Crippen molar-refractivity contribution in [3.05, 3.63) is 30.1 Å². The molecule has 16 heavy (non-hydrogen) atoms. The standard InChI is InChI=1S/C10H12FNO3S/c11-8-1-3-9(4-2-8)16(13,14)10(5-12)6-15-7-10/h1-4H,5-7,12H2. The lowest BCUT2D eigenvalue weighted by molar-refractivity contribution is -0.00924. The average molecular weight is 245 g/mol. The topological polar surface area (TPSA) is 69.4 Å². The molecular weight excluding hydrogens is 233 g/mol. The maximum Gasteiger partial charge on any atom is 0.189 e. The first-order chi connectivity index (χ1) is 7.52. The molecule has 1 aliphatic rings. The van der Waals surface area contributed by atoms with E-state index in [9.17, 15) is 12.8 Å². The number of hydrogen-bond donors (Lipinski definition) is 1. The molecule has 1 aromatic rings. The highest BCUT2D eigenvalue weighted by atomic mass is 32.2. The molecule has 1 heterocycles. The Bertz CT molecular complexity index is 474. The number of benzene rings is 1. The fourth-order valence-corrected chi connectivity index (χ4v) is 3.27. The molecule has 0 spiro atoms. The highest BCUT2D eigenvalue weighted by Gasteiger charge is 2.50. The predicted octanol–water partition coefficient (Wildman–Crippen LogP) is 0.327. The second kappa shape index (κ2) is 3.80. The summed E-state index contributed by atoms with van der Waals surface area (Å²) in [5.41, 5.74) is 5.49. The van der Waals surface area contributed by atoms with Crippen molar-refractivity contribution < 1.29 is 17.5 Å². The van der Waals surface area contributed by atoms with E-state index in [1.54, 1.807) is 0 Å². The van der Waals surface area contributed by atoms with Gasteiger partial charge in [-0.1, -0.05) is 0 Å². The largest absolute Gasteiger partial charge is 0.378 e. The summed E-state index contributed by atoms with van der Waals surface area (Å²) in [4.78, 5) is 0.0858. The Kier molecular flexibility index (Phi) is 2.73. The molecule has 1 fully saturated rings. The molecule has 6 heteroatoms. The lowest BCUT2D eigenvalue weighted by Gasteiger charge is -2.39. The SMILES string of the molecule is NCC1(S(=O)(=O)c2ccc(F)cc2)COC1. The molecule has 2 rings (SSSR count). The number of sulfone groups is 1. The van der Waals surface area contributed by atoms with Crippen molar-refractivity contribution in [2.45, 2.75) is 9.64 Å². The highest BCUT2D eigenvalue weighted by molar-refractivity contribution is 7.93. The van der Waals surface area contributed by atoms with E-state index in [1.807, 2.05) is 0 Å². The highest BCUT2D eigenvalue weighted by Crippen LogP contribution is 2.31. The number of rotatable bonds is 3. The summed E-state index contributed by atoms with van der Waals surface area (Å²) in [5, 5.41) is 0. The van der Waals surface area contributed by atoms with Gasteiger partial charge in [0.2, 0.25) is 0 Å². The van der Waals surface area contributed by atoms with Crippen molar-refractivity contribution in [3.63, 3.8) is 0 Å². The van der Waals surface area contributed by atoms with Crippen molar-refractivity contribution in [3.8, 4) is 0 Å². The lowest BCUT2D eigenvalue weighted by atomic mass is 10.1. The molecule has 4 nitrogen and oxygen atoms in total. The van der Waals surface area contributed by atoms with Gasteiger partial charge in [0, 0.05) is 6.54 Å². The monoisotopic (exact) mass is 245 g/mol. The van der Waals surface area contributed by atoms with Gasteiger partial charge in [-0.2, -0.15) is 0 Å². The van der Waals surface area contributed by atoms with Crippen LogP contribution >= 0.6 is 0 Å². The van der Waals surface area contributed by atoms with E-state index < -0.39 is 20.4 Å². The first-order valence-electron chi connectivity index (χ1n) is 4.80. The van der Waals surface area contributed by atoms with Crippen molar-refractivity contribution in [2.75, 3.05) is 19.8 Å². The minimum Gasteiger partial charge on any atom is -0.378 e. The van der Waals surface area contributed by atoms with E-state index in [0.717, 1.165) is 12.1 Å². The summed E-state index contributed by atoms with van der Waals surface area (Å²) in [5.74, 6) is -0.467. The Morgan fingerprint density at radius 1 is 1.31 bits per heavy atom. The minimum absolute atomic E-state index is 0.00666. The summed E-state index contributed by atoms with van der Waals surface area (Å²) >= 11 is 0. The van der Waals surface area contributed by atoms with Gasteiger partial charge in [0.1, 0.15) is 10.6 Å². The maximum atomic E-state index is 12.7. The third-order valence-corrected chi connectivity index (χ3v) is 5.23. The van der Waals surface area contributed by atoms with E-state index in [0.29, 0.717) is 0 Å². The Morgan fingerprint density at radius 2 is 1.88 bits per heavy atom. The normalized spacial score (nSPS) is 19.1. The van der Waals surface area contributed by atoms with Crippen molar-refractivity contribution in [1.82, 2.24) is 0 Å². The van der Waals surface area contributed by atoms with Crippen molar-refractivity contribution in [1.29, 1.82) is 0 Å². The van der Waals surface area contributed by atoms with E-state index in [-0.39, 0.29) is 24.7 Å². The third-order valence-electron chi connectivity index (χ3n) is 2.80. The summed E-state index contributed by atoms with van der Waals surface area (Å²) in [6.07, 6.45) is 0. The van der Waals surface area contributed by atoms with Crippen LogP contribution in [0.4, 0.5) is 4.39 Å². The van der Waals surface area contributed by atoms with Crippen LogP contribution in [-0.4, -0.2) is 32.9 Å². The zero-order chi connectivity index (χ0) is 11.8. The van der Waals surface area contributed by atoms with Gasteiger partial charge in [-0.15, -0.1) is 0 Å². The van der Waals surface area contributed by atoms with Crippen LogP contribution in [-0.2, 0) is 14.6 Å². The van der Waals surface area contributed by atoms with Gasteiger partial charge in [0.25, 0.3) is 0 Å². The molecule has 1 saturated heterocycles. The Labute approximate surface area is 93.1 Å². The van der Waals surface area contributed by atoms with E-state index in [4.69, 9.17) is 10.5 Å². The molecule has 0 atom stereocenters. The van der Waals surface area contributed by atoms with Crippen LogP contribution < -0.4 is 5.73 Å². The van der Waals surface area contributed by atoms with E-state index in [1.165, 1.54) is 12.1 Å². The first kappa shape index (κ1) is 11.5. The van der Waals surface area contributed by atoms with Gasteiger partial charge < -0.3 is 10.5 Å². The molecule has 0 unspecified atom stereocenters. The zero-order valence-electron chi connectivity index (χ0n) is 8.52. The van der Waals surface area contributed by atoms with Crippen LogP contribution in [0.1, 0.15) is 0 Å². The smallest absolute Gasteiger partial charge is 0.189 e. The molecule has 1 aliphatic heterocycles. The van der Waals surface area contributed by atoms with Crippen LogP contribution in [0, 0.1) is 5.82 Å². The summed E-state index contributed by atoms with van der Waals surface area (Å²) < 4.78 is 41.0. The molecule has 0 radical (unpaired) electrons. The molecule has 0 aromatic heterocycles. The van der Waals surface area contributed by atoms with Crippen molar-refractivity contribution in [2.24, 2.45) is 5.73 Å². The third kappa shape index (κ3) is 1.53. The average Bonchev–Trinajstić information content (AvgIpc) is 2.17. The molecule has 88 valence electrons. The summed E-state index contributed by atoms with van der Waals surface area (Å²) in [6, 6.07) is 4.74. The lowest BCUT2D eigenvalue weighted by Crippen LogP contribution is -2.60. The van der Waals surface area contributed by atoms with Crippen LogP contribution in [0.2, 0.25) is 0 Å². The number of hydrogen-bond acceptors (Lipinski definition) is 4. The summed E-state index contributed by atoms with van der Waals surface area (Å²) in [6.45, 7) is 0.207. The van der Waals surface area contributed by atoms with Gasteiger partial charge in [-0.3, -0.25) is 0 Å². The van der Waals surface area contributed by atoms with Crippen LogP contribution in [0.5, 0.6) is 0 Å². The van der Waals surface area contributed by atoms with E-state index >= 15 is 0 Å². The number of ether oxygens (including phenoxy) is 1. The zero-order valence-corrected chi connectivity index (χ0v) is 9.34. The molecular formula is C10H12FNO3S. The first-order valence-corrected chi connectivity index (χ1v) is 6.28. The number of halogens is 1. The van der Waals surface area contributed by atoms with Gasteiger partial charge >= 0.3 is 0 Å². The predicted molar refractivity (Wildman–Crippen MR) is 56.2 cm³/mol. The van der Waals surface area contributed by atoms with Crippen LogP contribution in [0.15, 0.2) is 29.2 Å². The van der Waals surface area contributed by atoms with E-state index in [2.05, 4.69) is 0 Å². The minimum atomic E-state index is -3.55. The molecule has 0 aliphatic carbocycles. The van der Waals surface area contributed by atoms with Crippen LogP contribution in [0.3, 0.4) is 0 Å². The molecule has 2 N–H and O–H groups in total. The van der Waals surface area contributed by atoms with Crippen molar-refractivity contribution >= 4 is 9.84 Å². The van der Waals surface area contributed by atoms with Gasteiger partial charge in [-0.25, -0.2) is 12.8 Å². The van der Waals surface area contributed by atoms with Gasteiger partial charge in [0.05, 0.1) is 18.1 Å². The quantitative estimate of drug-likeness (QED) is 0.779. The van der Waals surface area contributed by atoms with Gasteiger partial charge in [-0.05, 0) is 24.3 Å². The fraction of sp³-hybridized carbons (Fsp3) is 0.400. The molecule has 0 bridgehead atoms. The fourth-order valence-electron chi connectivity index (χ4n) is 1.58. The Morgan fingerprint density at radius 3 is 2.25 bits per heavy atom. The Balaban J connectivity index is 2.42. The van der Waals surface area contributed by atoms with Gasteiger partial charge in [0.15, 0.2) is 9.84 Å².